The van der Waals surface area contributed by atoms with Crippen LogP contribution < -0.4 is 5.73 Å². The smallest absolute Gasteiger partial charge is 0.311 e. The number of nitrogens with two attached hydrogens (primary N) is 1. The summed E-state index contributed by atoms with van der Waals surface area (Å²) >= 11 is 1.33. The lowest BCUT2D eigenvalue weighted by Gasteiger charge is -2.26. The van der Waals surface area contributed by atoms with Gasteiger partial charge in [0.25, 0.3) is 0 Å². The molecule has 2 aromatic rings. The Labute approximate surface area is 177 Å². The average Bonchev–Trinajstić information content (AvgIpc) is 3.20. The maximum atomic E-state index is 12.5. The van der Waals surface area contributed by atoms with Gasteiger partial charge in [0.2, 0.25) is 0 Å². The number of esters is 1. The first-order chi connectivity index (χ1) is 14.2. The molecule has 0 bridgehead atoms. The zero-order chi connectivity index (χ0) is 22.1. The number of anilines is 1. The Bertz CT molecular complexity index is 901. The fourth-order valence-electron chi connectivity index (χ4n) is 2.97. The van der Waals surface area contributed by atoms with E-state index in [9.17, 15) is 15.0 Å². The van der Waals surface area contributed by atoms with Crippen molar-refractivity contribution in [1.29, 1.82) is 0 Å². The summed E-state index contributed by atoms with van der Waals surface area (Å²) < 4.78 is 13.1. The highest BCUT2D eigenvalue weighted by Gasteiger charge is 2.49. The molecular weight excluding hydrogens is 414 g/mol. The monoisotopic (exact) mass is 441 g/mol. The summed E-state index contributed by atoms with van der Waals surface area (Å²) in [5, 5.41) is 29.9. The highest BCUT2D eigenvalue weighted by molar-refractivity contribution is 7.99. The van der Waals surface area contributed by atoms with E-state index < -0.39 is 42.5 Å². The number of aliphatic hydroxyl groups is 3. The lowest BCUT2D eigenvalue weighted by molar-refractivity contribution is -0.168. The van der Waals surface area contributed by atoms with Gasteiger partial charge >= 0.3 is 5.97 Å². The van der Waals surface area contributed by atoms with Crippen LogP contribution in [-0.4, -0.2) is 78.1 Å². The predicted molar refractivity (Wildman–Crippen MR) is 108 cm³/mol. The molecule has 11 nitrogen and oxygen atoms in total. The van der Waals surface area contributed by atoms with Gasteiger partial charge in [-0.05, 0) is 27.2 Å². The van der Waals surface area contributed by atoms with Crippen molar-refractivity contribution < 1.29 is 29.6 Å². The highest BCUT2D eigenvalue weighted by Crippen LogP contribution is 2.38. The first-order valence-electron chi connectivity index (χ1n) is 9.56. The third kappa shape index (κ3) is 4.37. The van der Waals surface area contributed by atoms with E-state index in [1.54, 1.807) is 25.3 Å². The lowest BCUT2D eigenvalue weighted by Crippen LogP contribution is -2.39. The number of nitrogen functional groups attached to an aromatic ring is 1. The summed E-state index contributed by atoms with van der Waals surface area (Å²) in [6.07, 6.45) is -2.48. The van der Waals surface area contributed by atoms with Crippen LogP contribution in [0, 0.1) is 5.41 Å². The van der Waals surface area contributed by atoms with Crippen molar-refractivity contribution in [3.05, 3.63) is 6.33 Å². The number of carbonyl (C=O) groups excluding carboxylic acids is 1. The van der Waals surface area contributed by atoms with E-state index in [1.165, 1.54) is 18.1 Å². The van der Waals surface area contributed by atoms with Gasteiger partial charge in [-0.1, -0.05) is 11.8 Å². The summed E-state index contributed by atoms with van der Waals surface area (Å²) in [7, 11) is 0. The maximum Gasteiger partial charge on any atom is 0.311 e. The maximum absolute atomic E-state index is 12.5. The van der Waals surface area contributed by atoms with E-state index in [0.29, 0.717) is 28.5 Å². The van der Waals surface area contributed by atoms with E-state index >= 15 is 0 Å². The number of imidazole rings is 1. The first kappa shape index (κ1) is 22.7. The van der Waals surface area contributed by atoms with Gasteiger partial charge in [0.15, 0.2) is 34.5 Å². The number of aliphatic hydroxyl groups excluding tert-OH is 3. The van der Waals surface area contributed by atoms with Crippen molar-refractivity contribution in [2.75, 3.05) is 24.7 Å². The zero-order valence-corrected chi connectivity index (χ0v) is 17.9. The largest absolute Gasteiger partial charge is 0.454 e. The van der Waals surface area contributed by atoms with Crippen LogP contribution in [0.5, 0.6) is 0 Å². The van der Waals surface area contributed by atoms with Gasteiger partial charge in [0.05, 0.1) is 12.0 Å². The molecule has 1 fully saturated rings. The third-order valence-corrected chi connectivity index (χ3v) is 5.65. The van der Waals surface area contributed by atoms with E-state index in [1.807, 2.05) is 0 Å². The standard InChI is InChI=1S/C18H27N5O6S/c1-18(2,3)16(27)29-12-11(26)9(7-25)28-15(12)23-14-10(13(19)20-8-21-14)22-17(23)30-6-4-5-24/h8-9,11-12,15,24-26H,4-7H2,1-3H3,(H2,19,20,21)/t9-,11-,12-,15-/m1/s1. The Kier molecular flexibility index (Phi) is 6.82. The molecular formula is C18H27N5O6S. The van der Waals surface area contributed by atoms with E-state index in [-0.39, 0.29) is 12.4 Å². The summed E-state index contributed by atoms with van der Waals surface area (Å²) in [6.45, 7) is 4.66. The molecule has 0 aliphatic carbocycles. The average molecular weight is 442 g/mol. The SMILES string of the molecule is CC(C)(C)C(=O)O[C@@H]1[C@H](O)[C@@H](CO)O[C@H]1n1c(SCCCO)nc2c(N)ncnc21. The van der Waals surface area contributed by atoms with Crippen LogP contribution in [0.1, 0.15) is 33.4 Å². The molecule has 1 aliphatic rings. The lowest BCUT2D eigenvalue weighted by atomic mass is 9.97. The summed E-state index contributed by atoms with van der Waals surface area (Å²) in [5.41, 5.74) is 5.84. The molecule has 0 unspecified atom stereocenters. The molecule has 3 heterocycles. The molecule has 0 spiro atoms. The Hall–Kier alpha value is -1.99. The second-order valence-corrected chi connectivity index (χ2v) is 9.04. The minimum absolute atomic E-state index is 0.0201. The van der Waals surface area contributed by atoms with Crippen LogP contribution in [0.25, 0.3) is 11.2 Å². The molecule has 0 radical (unpaired) electrons. The molecule has 5 N–H and O–H groups in total. The van der Waals surface area contributed by atoms with Crippen molar-refractivity contribution in [3.63, 3.8) is 0 Å². The number of fused-ring (bicyclic) bond motifs is 1. The first-order valence-corrected chi connectivity index (χ1v) is 10.5. The van der Waals surface area contributed by atoms with Crippen molar-refractivity contribution >= 4 is 34.7 Å². The molecule has 3 rings (SSSR count). The quantitative estimate of drug-likeness (QED) is 0.261. The second-order valence-electron chi connectivity index (χ2n) is 7.98. The minimum Gasteiger partial charge on any atom is -0.454 e. The molecule has 2 aromatic heterocycles. The number of aromatic nitrogens is 4. The number of hydrogen-bond acceptors (Lipinski definition) is 11. The van der Waals surface area contributed by atoms with Crippen LogP contribution in [0.15, 0.2) is 11.5 Å². The number of thioether (sulfide) groups is 1. The van der Waals surface area contributed by atoms with Gasteiger partial charge in [-0.25, -0.2) is 15.0 Å². The normalized spacial score (nSPS) is 24.5. The topological polar surface area (TPSA) is 166 Å². The molecule has 166 valence electrons. The molecule has 1 saturated heterocycles. The molecule has 0 saturated carbocycles. The number of hydrogen-bond donors (Lipinski definition) is 4. The Balaban J connectivity index is 2.06. The minimum atomic E-state index is -1.25. The number of ether oxygens (including phenoxy) is 2. The summed E-state index contributed by atoms with van der Waals surface area (Å²) in [6, 6.07) is 0. The van der Waals surface area contributed by atoms with Gasteiger partial charge in [-0.15, -0.1) is 0 Å². The number of nitrogens with zero attached hydrogens (tertiary/aromatic N) is 4. The molecule has 0 amide bonds. The van der Waals surface area contributed by atoms with Crippen molar-refractivity contribution in [1.82, 2.24) is 19.5 Å². The van der Waals surface area contributed by atoms with Crippen molar-refractivity contribution in [2.24, 2.45) is 5.41 Å². The molecule has 0 aromatic carbocycles. The number of rotatable bonds is 7. The van der Waals surface area contributed by atoms with Crippen LogP contribution in [0.4, 0.5) is 5.82 Å². The van der Waals surface area contributed by atoms with Gasteiger partial charge < -0.3 is 30.5 Å². The van der Waals surface area contributed by atoms with Crippen LogP contribution in [0.3, 0.4) is 0 Å². The zero-order valence-electron chi connectivity index (χ0n) is 17.1. The van der Waals surface area contributed by atoms with Crippen LogP contribution in [0.2, 0.25) is 0 Å². The number of carbonyl (C=O) groups is 1. The fourth-order valence-corrected chi connectivity index (χ4v) is 3.91. The molecule has 12 heteroatoms. The van der Waals surface area contributed by atoms with E-state index in [4.69, 9.17) is 20.3 Å². The summed E-state index contributed by atoms with van der Waals surface area (Å²) in [4.78, 5) is 25.2. The van der Waals surface area contributed by atoms with Gasteiger partial charge in [0, 0.05) is 12.4 Å². The molecule has 30 heavy (non-hydrogen) atoms. The van der Waals surface area contributed by atoms with Crippen molar-refractivity contribution in [2.45, 2.75) is 56.9 Å². The van der Waals surface area contributed by atoms with Gasteiger partial charge in [-0.3, -0.25) is 9.36 Å². The van der Waals surface area contributed by atoms with E-state index in [0.717, 1.165) is 0 Å². The Morgan fingerprint density at radius 2 is 2.10 bits per heavy atom. The van der Waals surface area contributed by atoms with Gasteiger partial charge in [0.1, 0.15) is 18.5 Å². The van der Waals surface area contributed by atoms with Gasteiger partial charge in [-0.2, -0.15) is 0 Å². The molecule has 1 aliphatic heterocycles. The summed E-state index contributed by atoms with van der Waals surface area (Å²) in [5.74, 6) is 0.202. The van der Waals surface area contributed by atoms with E-state index in [2.05, 4.69) is 15.0 Å². The van der Waals surface area contributed by atoms with Crippen LogP contribution >= 0.6 is 11.8 Å². The second kappa shape index (κ2) is 9.02. The predicted octanol–water partition coefficient (Wildman–Crippen LogP) is 0.0915. The van der Waals surface area contributed by atoms with Crippen LogP contribution in [-0.2, 0) is 14.3 Å². The third-order valence-electron chi connectivity index (χ3n) is 4.61. The fraction of sp³-hybridized carbons (Fsp3) is 0.667. The Morgan fingerprint density at radius 3 is 2.73 bits per heavy atom. The molecule has 4 atom stereocenters. The van der Waals surface area contributed by atoms with Crippen molar-refractivity contribution in [3.8, 4) is 0 Å². The highest BCUT2D eigenvalue weighted by atomic mass is 32.2. The Morgan fingerprint density at radius 1 is 1.37 bits per heavy atom.